The summed E-state index contributed by atoms with van der Waals surface area (Å²) in [5, 5.41) is 12.2. The number of hydrogen-bond acceptors (Lipinski definition) is 5. The van der Waals surface area contributed by atoms with Gasteiger partial charge in [-0.05, 0) is 60.7 Å². The van der Waals surface area contributed by atoms with Gasteiger partial charge in [0.1, 0.15) is 17.6 Å². The number of benzene rings is 3. The first kappa shape index (κ1) is 22.3. The van der Waals surface area contributed by atoms with Gasteiger partial charge in [0.2, 0.25) is 0 Å². The number of ketones is 1. The number of methoxy groups -OCH3 is 1. The zero-order valence-corrected chi connectivity index (χ0v) is 18.7. The summed E-state index contributed by atoms with van der Waals surface area (Å²) in [5.41, 5.74) is 1.69. The van der Waals surface area contributed by atoms with Crippen LogP contribution in [0.15, 0.2) is 65.1 Å². The maximum absolute atomic E-state index is 12.7. The summed E-state index contributed by atoms with van der Waals surface area (Å²) < 4.78 is 11.2. The molecule has 0 aliphatic heterocycles. The van der Waals surface area contributed by atoms with E-state index < -0.39 is 5.91 Å². The summed E-state index contributed by atoms with van der Waals surface area (Å²) >= 11 is 9.34. The summed E-state index contributed by atoms with van der Waals surface area (Å²) in [4.78, 5) is 24.8. The van der Waals surface area contributed by atoms with E-state index in [2.05, 4.69) is 21.2 Å². The van der Waals surface area contributed by atoms with Gasteiger partial charge in [0, 0.05) is 26.3 Å². The third-order valence-electron chi connectivity index (χ3n) is 4.26. The fourth-order valence-corrected chi connectivity index (χ4v) is 3.35. The summed E-state index contributed by atoms with van der Waals surface area (Å²) in [6, 6.07) is 18.2. The lowest BCUT2D eigenvalue weighted by Crippen LogP contribution is -2.20. The van der Waals surface area contributed by atoms with E-state index in [-0.39, 0.29) is 12.4 Å². The van der Waals surface area contributed by atoms with Crippen LogP contribution in [0.25, 0.3) is 0 Å². The average molecular weight is 500 g/mol. The standard InChI is InChI=1S/C23H16BrClN2O4/c1-30-21-9-5-17(10-15(21)12-26)27-22(28)13-31-18-6-2-14(3-7-18)23(29)19-11-16(25)4-8-20(19)24/h2-11H,13H2,1H3,(H,27,28). The smallest absolute Gasteiger partial charge is 0.262 e. The number of halogens is 2. The number of rotatable bonds is 7. The number of amides is 1. The van der Waals surface area contributed by atoms with Gasteiger partial charge in [-0.1, -0.05) is 27.5 Å². The molecule has 0 fully saturated rings. The quantitative estimate of drug-likeness (QED) is 0.450. The van der Waals surface area contributed by atoms with Gasteiger partial charge in [0.15, 0.2) is 12.4 Å². The number of nitriles is 1. The molecule has 1 N–H and O–H groups in total. The number of nitrogens with zero attached hydrogens (tertiary/aromatic N) is 1. The van der Waals surface area contributed by atoms with Gasteiger partial charge < -0.3 is 14.8 Å². The highest BCUT2D eigenvalue weighted by Crippen LogP contribution is 2.25. The molecular weight excluding hydrogens is 484 g/mol. The predicted molar refractivity (Wildman–Crippen MR) is 121 cm³/mol. The number of hydrogen-bond donors (Lipinski definition) is 1. The minimum atomic E-state index is -0.392. The molecule has 31 heavy (non-hydrogen) atoms. The first-order valence-electron chi connectivity index (χ1n) is 9.02. The topological polar surface area (TPSA) is 88.4 Å². The number of nitrogens with one attached hydrogen (secondary N) is 1. The van der Waals surface area contributed by atoms with Crippen molar-refractivity contribution in [3.05, 3.63) is 86.8 Å². The molecule has 0 aromatic heterocycles. The van der Waals surface area contributed by atoms with E-state index in [1.165, 1.54) is 13.2 Å². The van der Waals surface area contributed by atoms with Crippen molar-refractivity contribution in [1.82, 2.24) is 0 Å². The Balaban J connectivity index is 1.60. The van der Waals surface area contributed by atoms with Crippen molar-refractivity contribution in [3.63, 3.8) is 0 Å². The number of carbonyl (C=O) groups is 2. The van der Waals surface area contributed by atoms with Crippen LogP contribution in [0.1, 0.15) is 21.5 Å². The molecule has 0 aliphatic carbocycles. The van der Waals surface area contributed by atoms with Crippen molar-refractivity contribution in [2.75, 3.05) is 19.0 Å². The molecule has 1 amide bonds. The molecule has 0 saturated heterocycles. The van der Waals surface area contributed by atoms with Crippen molar-refractivity contribution >= 4 is 44.9 Å². The molecule has 0 bridgehead atoms. The normalized spacial score (nSPS) is 10.1. The van der Waals surface area contributed by atoms with Crippen LogP contribution in [-0.2, 0) is 4.79 Å². The molecule has 156 valence electrons. The minimum Gasteiger partial charge on any atom is -0.495 e. The van der Waals surface area contributed by atoms with Gasteiger partial charge in [-0.2, -0.15) is 5.26 Å². The lowest BCUT2D eigenvalue weighted by molar-refractivity contribution is -0.118. The second-order valence-corrected chi connectivity index (χ2v) is 7.63. The first-order chi connectivity index (χ1) is 14.9. The molecule has 8 heteroatoms. The molecular formula is C23H16BrClN2O4. The molecule has 0 spiro atoms. The van der Waals surface area contributed by atoms with E-state index in [4.69, 9.17) is 26.3 Å². The van der Waals surface area contributed by atoms with Gasteiger partial charge in [-0.15, -0.1) is 0 Å². The third kappa shape index (κ3) is 5.63. The van der Waals surface area contributed by atoms with E-state index in [0.29, 0.717) is 43.4 Å². The lowest BCUT2D eigenvalue weighted by Gasteiger charge is -2.10. The van der Waals surface area contributed by atoms with Gasteiger partial charge in [-0.25, -0.2) is 0 Å². The van der Waals surface area contributed by atoms with Gasteiger partial charge in [0.25, 0.3) is 5.91 Å². The molecule has 3 rings (SSSR count). The summed E-state index contributed by atoms with van der Waals surface area (Å²) in [6.07, 6.45) is 0. The predicted octanol–water partition coefficient (Wildman–Crippen LogP) is 5.23. The molecule has 0 heterocycles. The zero-order chi connectivity index (χ0) is 22.4. The number of carbonyl (C=O) groups excluding carboxylic acids is 2. The molecule has 0 unspecified atom stereocenters. The monoisotopic (exact) mass is 498 g/mol. The molecule has 0 atom stereocenters. The van der Waals surface area contributed by atoms with Crippen LogP contribution in [-0.4, -0.2) is 25.4 Å². The van der Waals surface area contributed by atoms with Crippen LogP contribution in [0, 0.1) is 11.3 Å². The van der Waals surface area contributed by atoms with E-state index >= 15 is 0 Å². The van der Waals surface area contributed by atoms with Crippen LogP contribution in [0.2, 0.25) is 5.02 Å². The van der Waals surface area contributed by atoms with E-state index in [0.717, 1.165) is 0 Å². The second kappa shape index (κ2) is 10.1. The van der Waals surface area contributed by atoms with Gasteiger partial charge in [0.05, 0.1) is 12.7 Å². The molecule has 0 aliphatic rings. The van der Waals surface area contributed by atoms with E-state index in [9.17, 15) is 9.59 Å². The van der Waals surface area contributed by atoms with Gasteiger partial charge in [-0.3, -0.25) is 9.59 Å². The molecule has 0 saturated carbocycles. The first-order valence-corrected chi connectivity index (χ1v) is 10.2. The number of ether oxygens (including phenoxy) is 2. The highest BCUT2D eigenvalue weighted by molar-refractivity contribution is 9.10. The Morgan fingerprint density at radius 3 is 2.52 bits per heavy atom. The van der Waals surface area contributed by atoms with Crippen LogP contribution < -0.4 is 14.8 Å². The van der Waals surface area contributed by atoms with Crippen LogP contribution >= 0.6 is 27.5 Å². The Bertz CT molecular complexity index is 1170. The van der Waals surface area contributed by atoms with Crippen molar-refractivity contribution in [3.8, 4) is 17.6 Å². The Kier molecular flexibility index (Phi) is 7.29. The highest BCUT2D eigenvalue weighted by atomic mass is 79.9. The summed E-state index contributed by atoms with van der Waals surface area (Å²) in [5.74, 6) is 0.282. The van der Waals surface area contributed by atoms with E-state index in [1.807, 2.05) is 6.07 Å². The lowest BCUT2D eigenvalue weighted by atomic mass is 10.0. The Labute approximate surface area is 192 Å². The van der Waals surface area contributed by atoms with Crippen molar-refractivity contribution < 1.29 is 19.1 Å². The van der Waals surface area contributed by atoms with Crippen molar-refractivity contribution in [2.24, 2.45) is 0 Å². The maximum atomic E-state index is 12.7. The molecule has 0 radical (unpaired) electrons. The average Bonchev–Trinajstić information content (AvgIpc) is 2.79. The zero-order valence-electron chi connectivity index (χ0n) is 16.3. The Morgan fingerprint density at radius 2 is 1.84 bits per heavy atom. The maximum Gasteiger partial charge on any atom is 0.262 e. The largest absolute Gasteiger partial charge is 0.495 e. The fourth-order valence-electron chi connectivity index (χ4n) is 2.75. The van der Waals surface area contributed by atoms with Crippen LogP contribution in [0.3, 0.4) is 0 Å². The third-order valence-corrected chi connectivity index (χ3v) is 5.19. The number of anilines is 1. The van der Waals surface area contributed by atoms with Crippen LogP contribution in [0.4, 0.5) is 5.69 Å². The molecule has 6 nitrogen and oxygen atoms in total. The van der Waals surface area contributed by atoms with Crippen molar-refractivity contribution in [2.45, 2.75) is 0 Å². The summed E-state index contributed by atoms with van der Waals surface area (Å²) in [6.45, 7) is -0.235. The van der Waals surface area contributed by atoms with E-state index in [1.54, 1.807) is 54.6 Å². The SMILES string of the molecule is COc1ccc(NC(=O)COc2ccc(C(=O)c3cc(Cl)ccc3Br)cc2)cc1C#N. The Hall–Kier alpha value is -3.34. The fraction of sp³-hybridized carbons (Fsp3) is 0.0870. The molecule has 3 aromatic rings. The highest BCUT2D eigenvalue weighted by Gasteiger charge is 2.14. The Morgan fingerprint density at radius 1 is 1.10 bits per heavy atom. The summed E-state index contributed by atoms with van der Waals surface area (Å²) in [7, 11) is 1.47. The minimum absolute atomic E-state index is 0.188. The second-order valence-electron chi connectivity index (χ2n) is 6.34. The van der Waals surface area contributed by atoms with Gasteiger partial charge >= 0.3 is 0 Å². The van der Waals surface area contributed by atoms with Crippen LogP contribution in [0.5, 0.6) is 11.5 Å². The molecule has 3 aromatic carbocycles. The van der Waals surface area contributed by atoms with Crippen molar-refractivity contribution in [1.29, 1.82) is 5.26 Å².